The van der Waals surface area contributed by atoms with Crippen LogP contribution in [0.1, 0.15) is 5.56 Å². The van der Waals surface area contributed by atoms with Crippen LogP contribution < -0.4 is 0 Å². The van der Waals surface area contributed by atoms with Gasteiger partial charge < -0.3 is 0 Å². The lowest BCUT2D eigenvalue weighted by Gasteiger charge is -2.11. The quantitative estimate of drug-likeness (QED) is 0.250. The van der Waals surface area contributed by atoms with E-state index in [2.05, 4.69) is 9.44 Å². The molecule has 0 atom stereocenters. The van der Waals surface area contributed by atoms with Gasteiger partial charge >= 0.3 is 21.8 Å². The Balaban J connectivity index is 2.11. The summed E-state index contributed by atoms with van der Waals surface area (Å²) < 4.78 is 102. The number of hydrogen-bond acceptors (Lipinski definition) is 5. The number of fused-ring (bicyclic) bond motifs is 3. The van der Waals surface area contributed by atoms with Crippen LogP contribution in [0.5, 0.6) is 0 Å². The van der Waals surface area contributed by atoms with Gasteiger partial charge in [0, 0.05) is 25.7 Å². The summed E-state index contributed by atoms with van der Waals surface area (Å²) in [4.78, 5) is 0. The summed E-state index contributed by atoms with van der Waals surface area (Å²) in [6.45, 7) is 0. The molecule has 1 aromatic heterocycles. The van der Waals surface area contributed by atoms with E-state index < -0.39 is 33.1 Å². The van der Waals surface area contributed by atoms with Gasteiger partial charge in [0.05, 0.1) is 0 Å². The molecule has 0 aliphatic rings. The van der Waals surface area contributed by atoms with Crippen molar-refractivity contribution in [2.75, 3.05) is 0 Å². The molecule has 0 aliphatic carbocycles. The highest BCUT2D eigenvalue weighted by Crippen LogP contribution is 2.35. The summed E-state index contributed by atoms with van der Waals surface area (Å²) in [5.41, 5.74) is -8.42. The van der Waals surface area contributed by atoms with Crippen molar-refractivity contribution in [1.82, 2.24) is 0 Å². The van der Waals surface area contributed by atoms with E-state index in [9.17, 15) is 34.8 Å². The molecule has 0 N–H and O–H groups in total. The lowest BCUT2D eigenvalue weighted by Crippen LogP contribution is -2.28. The number of hydrogen-bond donors (Lipinski definition) is 0. The van der Waals surface area contributed by atoms with Gasteiger partial charge in [0.1, 0.15) is 0 Å². The van der Waals surface area contributed by atoms with Crippen LogP contribution in [0.2, 0.25) is 0 Å². The van der Waals surface area contributed by atoms with E-state index in [1.165, 1.54) is 17.4 Å². The molecule has 3 rings (SSSR count). The van der Waals surface area contributed by atoms with Gasteiger partial charge in [-0.15, -0.1) is 11.3 Å². The molecule has 2 aromatic carbocycles. The molecule has 0 fully saturated rings. The first-order chi connectivity index (χ1) is 12.4. The van der Waals surface area contributed by atoms with E-state index in [1.807, 2.05) is 0 Å². The predicted octanol–water partition coefficient (Wildman–Crippen LogP) is 5.19. The Morgan fingerprint density at radius 3 is 2.19 bits per heavy atom. The van der Waals surface area contributed by atoms with E-state index >= 15 is 0 Å². The van der Waals surface area contributed by atoms with Crippen molar-refractivity contribution in [2.45, 2.75) is 11.7 Å². The second-order valence-electron chi connectivity index (χ2n) is 5.22. The van der Waals surface area contributed by atoms with Crippen molar-refractivity contribution >= 4 is 47.3 Å². The summed E-state index contributed by atoms with van der Waals surface area (Å²) in [6.07, 6.45) is -5.24. The Kier molecular flexibility index (Phi) is 4.58. The Labute approximate surface area is 151 Å². The number of oxime groups is 1. The number of halogens is 6. The number of rotatable bonds is 3. The zero-order chi connectivity index (χ0) is 20.0. The fraction of sp³-hybridized carbons (Fsp3) is 0.133. The fourth-order valence-corrected chi connectivity index (χ4v) is 3.67. The smallest absolute Gasteiger partial charge is 0.261 e. The maximum atomic E-state index is 13.2. The normalized spacial score (nSPS) is 14.1. The van der Waals surface area contributed by atoms with Gasteiger partial charge in [-0.2, -0.15) is 34.8 Å². The van der Waals surface area contributed by atoms with Crippen molar-refractivity contribution in [3.05, 3.63) is 48.0 Å². The summed E-state index contributed by atoms with van der Waals surface area (Å²) in [5, 5.41) is 3.69. The zero-order valence-electron chi connectivity index (χ0n) is 12.8. The first kappa shape index (κ1) is 19.4. The first-order valence-electron chi connectivity index (χ1n) is 6.97. The lowest BCUT2D eigenvalue weighted by atomic mass is 10.1. The molecule has 0 bridgehead atoms. The van der Waals surface area contributed by atoms with Gasteiger partial charge in [-0.05, 0) is 12.1 Å². The second-order valence-corrected chi connectivity index (χ2v) is 7.83. The zero-order valence-corrected chi connectivity index (χ0v) is 14.4. The minimum atomic E-state index is -6.31. The Morgan fingerprint density at radius 1 is 0.926 bits per heavy atom. The third kappa shape index (κ3) is 3.72. The van der Waals surface area contributed by atoms with Crippen molar-refractivity contribution in [3.8, 4) is 0 Å². The van der Waals surface area contributed by atoms with E-state index in [4.69, 9.17) is 0 Å². The molecular weight excluding hydrogens is 420 g/mol. The van der Waals surface area contributed by atoms with E-state index in [0.717, 1.165) is 22.2 Å². The van der Waals surface area contributed by atoms with Gasteiger partial charge in [0.25, 0.3) is 0 Å². The number of nitrogens with zero attached hydrogens (tertiary/aromatic N) is 1. The van der Waals surface area contributed by atoms with Crippen LogP contribution in [-0.2, 0) is 14.4 Å². The maximum Gasteiger partial charge on any atom is 0.536 e. The Hall–Kier alpha value is -2.34. The average molecular weight is 427 g/mol. The van der Waals surface area contributed by atoms with Crippen LogP contribution >= 0.6 is 11.3 Å². The Bertz CT molecular complexity index is 1150. The largest absolute Gasteiger partial charge is 0.536 e. The molecule has 3 aromatic rings. The summed E-state index contributed by atoms with van der Waals surface area (Å²) >= 11 is 1.17. The fourth-order valence-electron chi connectivity index (χ4n) is 2.27. The lowest BCUT2D eigenvalue weighted by molar-refractivity contribution is -0.0633. The van der Waals surface area contributed by atoms with Crippen molar-refractivity contribution in [3.63, 3.8) is 0 Å². The van der Waals surface area contributed by atoms with Crippen LogP contribution in [0.25, 0.3) is 20.2 Å². The SMILES string of the molecule is O=S(=O)(ON=C(c1ccc2c(c1)sc1ccccc12)C(F)(F)F)C(F)(F)F. The van der Waals surface area contributed by atoms with Crippen LogP contribution in [0.15, 0.2) is 47.6 Å². The van der Waals surface area contributed by atoms with Crippen molar-refractivity contribution < 1.29 is 39.0 Å². The molecule has 0 aliphatic heterocycles. The molecule has 0 spiro atoms. The number of alkyl halides is 6. The standard InChI is InChI=1S/C15H7F6NO3S2/c16-14(17,18)13(22-25-27(23,24)15(19,20)21)8-5-6-10-9-3-1-2-4-11(9)26-12(10)7-8/h1-7H. The summed E-state index contributed by atoms with van der Waals surface area (Å²) in [6, 6.07) is 10.4. The average Bonchev–Trinajstić information content (AvgIpc) is 2.90. The van der Waals surface area contributed by atoms with Crippen LogP contribution in [0.3, 0.4) is 0 Å². The molecule has 0 amide bonds. The highest BCUT2D eigenvalue weighted by Gasteiger charge is 2.49. The molecule has 4 nitrogen and oxygen atoms in total. The number of benzene rings is 2. The molecule has 12 heteroatoms. The maximum absolute atomic E-state index is 13.2. The molecule has 0 radical (unpaired) electrons. The topological polar surface area (TPSA) is 55.7 Å². The number of thiophene rings is 1. The van der Waals surface area contributed by atoms with E-state index in [0.29, 0.717) is 10.1 Å². The predicted molar refractivity (Wildman–Crippen MR) is 88.0 cm³/mol. The highest BCUT2D eigenvalue weighted by molar-refractivity contribution is 7.87. The second kappa shape index (κ2) is 6.37. The third-order valence-electron chi connectivity index (χ3n) is 3.43. The van der Waals surface area contributed by atoms with Gasteiger partial charge in [0.2, 0.25) is 0 Å². The van der Waals surface area contributed by atoms with E-state index in [1.54, 1.807) is 24.3 Å². The van der Waals surface area contributed by atoms with Crippen molar-refractivity contribution in [1.29, 1.82) is 0 Å². The van der Waals surface area contributed by atoms with Crippen LogP contribution in [-0.4, -0.2) is 25.8 Å². The van der Waals surface area contributed by atoms with Crippen molar-refractivity contribution in [2.24, 2.45) is 5.16 Å². The van der Waals surface area contributed by atoms with Gasteiger partial charge in [-0.3, -0.25) is 4.28 Å². The molecule has 27 heavy (non-hydrogen) atoms. The van der Waals surface area contributed by atoms with E-state index in [-0.39, 0.29) is 0 Å². The van der Waals surface area contributed by atoms with Gasteiger partial charge in [-0.1, -0.05) is 35.5 Å². The first-order valence-corrected chi connectivity index (χ1v) is 9.19. The van der Waals surface area contributed by atoms with Crippen LogP contribution in [0, 0.1) is 0 Å². The summed E-state index contributed by atoms with van der Waals surface area (Å²) in [7, 11) is -6.31. The summed E-state index contributed by atoms with van der Waals surface area (Å²) in [5.74, 6) is 0. The Morgan fingerprint density at radius 2 is 1.56 bits per heavy atom. The molecule has 0 saturated carbocycles. The molecule has 1 heterocycles. The molecule has 0 unspecified atom stereocenters. The minimum Gasteiger partial charge on any atom is -0.261 e. The van der Waals surface area contributed by atoms with Gasteiger partial charge in [0.15, 0.2) is 5.71 Å². The molecular formula is C15H7F6NO3S2. The van der Waals surface area contributed by atoms with Crippen LogP contribution in [0.4, 0.5) is 26.3 Å². The van der Waals surface area contributed by atoms with Gasteiger partial charge in [-0.25, -0.2) is 0 Å². The monoisotopic (exact) mass is 427 g/mol. The molecule has 0 saturated heterocycles. The highest BCUT2D eigenvalue weighted by atomic mass is 32.2. The molecule has 144 valence electrons. The minimum absolute atomic E-state index is 0.421. The third-order valence-corrected chi connectivity index (χ3v) is 5.40.